The molecule has 0 aromatic heterocycles. The van der Waals surface area contributed by atoms with E-state index in [0.717, 1.165) is 13.1 Å². The standard InChI is InChI=1S/C7H13NO2/c1-10-5-7(9)2-6-3-8-4-6/h6,8H,2-5H2,1H3. The molecule has 1 heterocycles. The zero-order valence-electron chi connectivity index (χ0n) is 6.22. The van der Waals surface area contributed by atoms with Gasteiger partial charge in [-0.25, -0.2) is 0 Å². The van der Waals surface area contributed by atoms with Gasteiger partial charge in [0.25, 0.3) is 0 Å². The first-order valence-electron chi connectivity index (χ1n) is 3.54. The van der Waals surface area contributed by atoms with Gasteiger partial charge in [-0.1, -0.05) is 0 Å². The Morgan fingerprint density at radius 3 is 2.80 bits per heavy atom. The monoisotopic (exact) mass is 143 g/mol. The summed E-state index contributed by atoms with van der Waals surface area (Å²) in [7, 11) is 1.55. The third-order valence-corrected chi connectivity index (χ3v) is 1.69. The summed E-state index contributed by atoms with van der Waals surface area (Å²) in [6.45, 7) is 2.27. The molecule has 0 saturated carbocycles. The normalized spacial score (nSPS) is 18.5. The lowest BCUT2D eigenvalue weighted by atomic mass is 9.97. The number of rotatable bonds is 4. The summed E-state index contributed by atoms with van der Waals surface area (Å²) >= 11 is 0. The van der Waals surface area contributed by atoms with E-state index >= 15 is 0 Å². The first kappa shape index (κ1) is 7.69. The molecule has 3 nitrogen and oxygen atoms in total. The van der Waals surface area contributed by atoms with E-state index in [-0.39, 0.29) is 12.4 Å². The van der Waals surface area contributed by atoms with Crippen LogP contribution >= 0.6 is 0 Å². The fourth-order valence-electron chi connectivity index (χ4n) is 1.03. The molecule has 0 bridgehead atoms. The molecule has 0 amide bonds. The molecular formula is C7H13NO2. The number of hydrogen-bond donors (Lipinski definition) is 1. The minimum atomic E-state index is 0.217. The van der Waals surface area contributed by atoms with E-state index in [2.05, 4.69) is 5.32 Å². The molecule has 1 aliphatic heterocycles. The number of nitrogens with one attached hydrogen (secondary N) is 1. The van der Waals surface area contributed by atoms with Gasteiger partial charge in [-0.2, -0.15) is 0 Å². The van der Waals surface area contributed by atoms with Crippen LogP contribution in [0.25, 0.3) is 0 Å². The maximum Gasteiger partial charge on any atom is 0.158 e. The number of methoxy groups -OCH3 is 1. The molecule has 3 heteroatoms. The van der Waals surface area contributed by atoms with Crippen LogP contribution in [0.4, 0.5) is 0 Å². The van der Waals surface area contributed by atoms with Crippen molar-refractivity contribution in [3.05, 3.63) is 0 Å². The molecule has 1 fully saturated rings. The molecule has 0 radical (unpaired) electrons. The smallest absolute Gasteiger partial charge is 0.158 e. The number of Topliss-reactive ketones (excluding diaryl/α,β-unsaturated/α-hetero) is 1. The van der Waals surface area contributed by atoms with E-state index in [9.17, 15) is 4.79 Å². The lowest BCUT2D eigenvalue weighted by Crippen LogP contribution is -2.43. The molecule has 0 aliphatic carbocycles. The molecule has 1 aliphatic rings. The fourth-order valence-corrected chi connectivity index (χ4v) is 1.03. The number of hydrogen-bond acceptors (Lipinski definition) is 3. The molecule has 0 aromatic rings. The van der Waals surface area contributed by atoms with Crippen molar-refractivity contribution in [2.75, 3.05) is 26.8 Å². The van der Waals surface area contributed by atoms with Crippen molar-refractivity contribution in [1.29, 1.82) is 0 Å². The van der Waals surface area contributed by atoms with E-state index in [1.165, 1.54) is 0 Å². The van der Waals surface area contributed by atoms with Crippen LogP contribution in [0.15, 0.2) is 0 Å². The highest BCUT2D eigenvalue weighted by Crippen LogP contribution is 2.08. The Hall–Kier alpha value is -0.410. The van der Waals surface area contributed by atoms with Crippen LogP contribution in [0.2, 0.25) is 0 Å². The number of carbonyl (C=O) groups excluding carboxylic acids is 1. The van der Waals surface area contributed by atoms with Gasteiger partial charge < -0.3 is 10.1 Å². The summed E-state index contributed by atoms with van der Waals surface area (Å²) in [5, 5.41) is 3.12. The van der Waals surface area contributed by atoms with Crippen molar-refractivity contribution in [2.24, 2.45) is 5.92 Å². The molecule has 10 heavy (non-hydrogen) atoms. The minimum Gasteiger partial charge on any atom is -0.377 e. The average molecular weight is 143 g/mol. The van der Waals surface area contributed by atoms with Gasteiger partial charge in [0.2, 0.25) is 0 Å². The Morgan fingerprint density at radius 2 is 2.40 bits per heavy atom. The Balaban J connectivity index is 2.05. The highest BCUT2D eigenvalue weighted by molar-refractivity contribution is 5.80. The molecular weight excluding hydrogens is 130 g/mol. The molecule has 0 atom stereocenters. The highest BCUT2D eigenvalue weighted by atomic mass is 16.5. The second-order valence-electron chi connectivity index (χ2n) is 2.70. The van der Waals surface area contributed by atoms with Gasteiger partial charge in [0.1, 0.15) is 6.61 Å². The maximum atomic E-state index is 10.9. The van der Waals surface area contributed by atoms with Crippen LogP contribution in [-0.2, 0) is 9.53 Å². The van der Waals surface area contributed by atoms with Gasteiger partial charge in [0.05, 0.1) is 0 Å². The van der Waals surface area contributed by atoms with Crippen molar-refractivity contribution >= 4 is 5.78 Å². The van der Waals surface area contributed by atoms with Gasteiger partial charge in [0.15, 0.2) is 5.78 Å². The van der Waals surface area contributed by atoms with Crippen LogP contribution in [-0.4, -0.2) is 32.6 Å². The van der Waals surface area contributed by atoms with Crippen molar-refractivity contribution in [3.63, 3.8) is 0 Å². The Labute approximate surface area is 60.7 Å². The SMILES string of the molecule is COCC(=O)CC1CNC1. The topological polar surface area (TPSA) is 38.3 Å². The van der Waals surface area contributed by atoms with E-state index in [1.807, 2.05) is 0 Å². The third-order valence-electron chi connectivity index (χ3n) is 1.69. The van der Waals surface area contributed by atoms with Crippen LogP contribution in [0, 0.1) is 5.92 Å². The van der Waals surface area contributed by atoms with E-state index in [4.69, 9.17) is 4.74 Å². The largest absolute Gasteiger partial charge is 0.377 e. The van der Waals surface area contributed by atoms with Crippen LogP contribution in [0.1, 0.15) is 6.42 Å². The quantitative estimate of drug-likeness (QED) is 0.593. The van der Waals surface area contributed by atoms with Gasteiger partial charge in [-0.05, 0) is 19.0 Å². The van der Waals surface area contributed by atoms with E-state index in [0.29, 0.717) is 12.3 Å². The third kappa shape index (κ3) is 2.08. The zero-order valence-corrected chi connectivity index (χ0v) is 6.22. The second kappa shape index (κ2) is 3.68. The Bertz CT molecular complexity index is 121. The van der Waals surface area contributed by atoms with Crippen molar-refractivity contribution in [1.82, 2.24) is 5.32 Å². The Kier molecular flexibility index (Phi) is 2.83. The predicted octanol–water partition coefficient (Wildman–Crippen LogP) is -0.189. The number of ketones is 1. The second-order valence-corrected chi connectivity index (χ2v) is 2.70. The predicted molar refractivity (Wildman–Crippen MR) is 37.9 cm³/mol. The highest BCUT2D eigenvalue weighted by Gasteiger charge is 2.19. The van der Waals surface area contributed by atoms with Crippen LogP contribution < -0.4 is 5.32 Å². The summed E-state index contributed by atoms with van der Waals surface area (Å²) in [6, 6.07) is 0. The summed E-state index contributed by atoms with van der Waals surface area (Å²) in [5.41, 5.74) is 0. The minimum absolute atomic E-state index is 0.217. The molecule has 0 aromatic carbocycles. The van der Waals surface area contributed by atoms with E-state index in [1.54, 1.807) is 7.11 Å². The van der Waals surface area contributed by atoms with Gasteiger partial charge in [-0.15, -0.1) is 0 Å². The molecule has 0 spiro atoms. The van der Waals surface area contributed by atoms with Crippen LogP contribution in [0.3, 0.4) is 0 Å². The molecule has 1 N–H and O–H groups in total. The van der Waals surface area contributed by atoms with Crippen molar-refractivity contribution in [2.45, 2.75) is 6.42 Å². The van der Waals surface area contributed by atoms with E-state index < -0.39 is 0 Å². The van der Waals surface area contributed by atoms with Gasteiger partial charge >= 0.3 is 0 Å². The number of carbonyl (C=O) groups is 1. The van der Waals surface area contributed by atoms with Crippen LogP contribution in [0.5, 0.6) is 0 Å². The summed E-state index contributed by atoms with van der Waals surface area (Å²) in [5.74, 6) is 0.789. The molecule has 58 valence electrons. The zero-order chi connectivity index (χ0) is 7.40. The van der Waals surface area contributed by atoms with Crippen molar-refractivity contribution < 1.29 is 9.53 Å². The Morgan fingerprint density at radius 1 is 1.70 bits per heavy atom. The molecule has 0 unspecified atom stereocenters. The fraction of sp³-hybridized carbons (Fsp3) is 0.857. The van der Waals surface area contributed by atoms with Gasteiger partial charge in [-0.3, -0.25) is 4.79 Å². The summed E-state index contributed by atoms with van der Waals surface area (Å²) in [6.07, 6.45) is 0.681. The molecule has 1 saturated heterocycles. The average Bonchev–Trinajstić information content (AvgIpc) is 1.80. The maximum absolute atomic E-state index is 10.9. The lowest BCUT2D eigenvalue weighted by Gasteiger charge is -2.25. The first-order valence-corrected chi connectivity index (χ1v) is 3.54. The summed E-state index contributed by atoms with van der Waals surface area (Å²) in [4.78, 5) is 10.9. The number of ether oxygens (including phenoxy) is 1. The van der Waals surface area contributed by atoms with Crippen molar-refractivity contribution in [3.8, 4) is 0 Å². The van der Waals surface area contributed by atoms with Gasteiger partial charge in [0, 0.05) is 13.5 Å². The molecule has 1 rings (SSSR count). The summed E-state index contributed by atoms with van der Waals surface area (Å²) < 4.78 is 4.70. The lowest BCUT2D eigenvalue weighted by molar-refractivity contribution is -0.123. The first-order chi connectivity index (χ1) is 4.83.